The number of benzene rings is 1. The number of rotatable bonds is 8. The second-order valence-corrected chi connectivity index (χ2v) is 7.14. The van der Waals surface area contributed by atoms with Gasteiger partial charge in [-0.3, -0.25) is 4.79 Å². The molecule has 7 nitrogen and oxygen atoms in total. The van der Waals surface area contributed by atoms with E-state index in [1.807, 2.05) is 25.1 Å². The van der Waals surface area contributed by atoms with Gasteiger partial charge in [0.25, 0.3) is 0 Å². The molecule has 1 heterocycles. The molecule has 0 bridgehead atoms. The number of nitrogens with zero attached hydrogens (tertiary/aromatic N) is 2. The summed E-state index contributed by atoms with van der Waals surface area (Å²) in [6.45, 7) is 4.65. The molecule has 7 heteroatoms. The van der Waals surface area contributed by atoms with Gasteiger partial charge in [-0.2, -0.15) is 0 Å². The molecular formula is C21H30N2O5. The first-order valence-electron chi connectivity index (χ1n) is 10.0. The van der Waals surface area contributed by atoms with E-state index in [1.54, 1.807) is 12.0 Å². The molecule has 0 N–H and O–H groups in total. The first-order valence-corrected chi connectivity index (χ1v) is 10.0. The van der Waals surface area contributed by atoms with Gasteiger partial charge >= 0.3 is 0 Å². The Kier molecular flexibility index (Phi) is 7.54. The van der Waals surface area contributed by atoms with Crippen LogP contribution in [-0.4, -0.2) is 62.6 Å². The first kappa shape index (κ1) is 20.5. The summed E-state index contributed by atoms with van der Waals surface area (Å²) in [7, 11) is 1.64. The van der Waals surface area contributed by atoms with Crippen molar-refractivity contribution in [2.75, 3.05) is 40.0 Å². The van der Waals surface area contributed by atoms with Crippen LogP contribution in [-0.2, 0) is 14.4 Å². The maximum Gasteiger partial charge on any atom is 0.226 e. The molecule has 0 spiro atoms. The van der Waals surface area contributed by atoms with Crippen molar-refractivity contribution in [1.29, 1.82) is 0 Å². The molecule has 0 aromatic heterocycles. The molecule has 1 saturated carbocycles. The summed E-state index contributed by atoms with van der Waals surface area (Å²) in [6.07, 6.45) is 5.16. The Balaban J connectivity index is 1.53. The molecule has 2 fully saturated rings. The lowest BCUT2D eigenvalue weighted by Crippen LogP contribution is -2.40. The maximum absolute atomic E-state index is 12.1. The second-order valence-electron chi connectivity index (χ2n) is 7.14. The quantitative estimate of drug-likeness (QED) is 0.388. The van der Waals surface area contributed by atoms with Crippen molar-refractivity contribution in [3.8, 4) is 11.5 Å². The molecular weight excluding hydrogens is 360 g/mol. The Morgan fingerprint density at radius 2 is 1.96 bits per heavy atom. The van der Waals surface area contributed by atoms with E-state index >= 15 is 0 Å². The Bertz CT molecular complexity index is 679. The van der Waals surface area contributed by atoms with Crippen molar-refractivity contribution in [3.63, 3.8) is 0 Å². The van der Waals surface area contributed by atoms with E-state index in [2.05, 4.69) is 5.16 Å². The van der Waals surface area contributed by atoms with Gasteiger partial charge in [-0.25, -0.2) is 0 Å². The Morgan fingerprint density at radius 3 is 2.68 bits per heavy atom. The van der Waals surface area contributed by atoms with Crippen LogP contribution >= 0.6 is 0 Å². The van der Waals surface area contributed by atoms with E-state index in [1.165, 1.54) is 12.8 Å². The van der Waals surface area contributed by atoms with Crippen LogP contribution in [0.5, 0.6) is 11.5 Å². The first-order chi connectivity index (χ1) is 13.7. The van der Waals surface area contributed by atoms with Crippen molar-refractivity contribution in [1.82, 2.24) is 4.90 Å². The molecule has 1 amide bonds. The van der Waals surface area contributed by atoms with Gasteiger partial charge in [-0.05, 0) is 50.8 Å². The van der Waals surface area contributed by atoms with Gasteiger partial charge in [-0.1, -0.05) is 5.16 Å². The minimum absolute atomic E-state index is 0.0767. The summed E-state index contributed by atoms with van der Waals surface area (Å²) < 4.78 is 16.8. The van der Waals surface area contributed by atoms with Crippen molar-refractivity contribution in [2.24, 2.45) is 5.16 Å². The molecule has 1 aromatic carbocycles. The van der Waals surface area contributed by atoms with E-state index in [9.17, 15) is 4.79 Å². The lowest BCUT2D eigenvalue weighted by Gasteiger charge is -2.26. The van der Waals surface area contributed by atoms with Crippen LogP contribution in [0, 0.1) is 0 Å². The molecule has 1 aliphatic heterocycles. The molecule has 28 heavy (non-hydrogen) atoms. The van der Waals surface area contributed by atoms with Gasteiger partial charge in [0.05, 0.1) is 38.6 Å². The maximum atomic E-state index is 12.1. The molecule has 1 aliphatic carbocycles. The van der Waals surface area contributed by atoms with E-state index in [-0.39, 0.29) is 18.6 Å². The van der Waals surface area contributed by atoms with Crippen molar-refractivity contribution in [3.05, 3.63) is 23.8 Å². The predicted molar refractivity (Wildman–Crippen MR) is 106 cm³/mol. The van der Waals surface area contributed by atoms with Crippen LogP contribution in [0.15, 0.2) is 23.4 Å². The van der Waals surface area contributed by atoms with Crippen molar-refractivity contribution < 1.29 is 23.8 Å². The number of hydrogen-bond acceptors (Lipinski definition) is 6. The third-order valence-corrected chi connectivity index (χ3v) is 5.15. The molecule has 1 aromatic rings. The number of carbonyl (C=O) groups is 1. The second kappa shape index (κ2) is 10.3. The average Bonchev–Trinajstić information content (AvgIpc) is 3.24. The van der Waals surface area contributed by atoms with Gasteiger partial charge in [0.2, 0.25) is 5.91 Å². The number of hydrogen-bond donors (Lipinski definition) is 0. The molecule has 0 radical (unpaired) electrons. The number of methoxy groups -OCH3 is 1. The highest BCUT2D eigenvalue weighted by atomic mass is 16.6. The summed E-state index contributed by atoms with van der Waals surface area (Å²) in [5.41, 5.74) is 1.64. The van der Waals surface area contributed by atoms with Gasteiger partial charge in [0, 0.05) is 18.7 Å². The average molecular weight is 390 g/mol. The number of carbonyl (C=O) groups excluding carboxylic acids is 1. The zero-order valence-electron chi connectivity index (χ0n) is 16.8. The zero-order chi connectivity index (χ0) is 19.8. The normalized spacial score (nSPS) is 18.2. The van der Waals surface area contributed by atoms with Crippen molar-refractivity contribution >= 4 is 11.6 Å². The van der Waals surface area contributed by atoms with Gasteiger partial charge < -0.3 is 23.9 Å². The summed E-state index contributed by atoms with van der Waals surface area (Å²) >= 11 is 0. The van der Waals surface area contributed by atoms with Crippen molar-refractivity contribution in [2.45, 2.75) is 45.1 Å². The summed E-state index contributed by atoms with van der Waals surface area (Å²) in [4.78, 5) is 19.3. The molecule has 0 unspecified atom stereocenters. The highest BCUT2D eigenvalue weighted by molar-refractivity contribution is 5.98. The van der Waals surface area contributed by atoms with E-state index < -0.39 is 0 Å². The van der Waals surface area contributed by atoms with Crippen LogP contribution in [0.2, 0.25) is 0 Å². The Labute approximate surface area is 166 Å². The monoisotopic (exact) mass is 390 g/mol. The predicted octanol–water partition coefficient (Wildman–Crippen LogP) is 3.01. The zero-order valence-corrected chi connectivity index (χ0v) is 16.8. The standard InChI is InChI=1S/C21H30N2O5/c1-16(22-27-12-9-21(24)23-10-13-26-14-11-23)17-7-8-19(25-2)20(15-17)28-18-5-3-4-6-18/h7-8,15,18H,3-6,9-14H2,1-2H3/b22-16-. The van der Waals surface area contributed by atoms with Crippen LogP contribution in [0.25, 0.3) is 0 Å². The minimum Gasteiger partial charge on any atom is -0.493 e. The number of oxime groups is 1. The summed E-state index contributed by atoms with van der Waals surface area (Å²) in [5.74, 6) is 1.54. The largest absolute Gasteiger partial charge is 0.493 e. The molecule has 154 valence electrons. The fourth-order valence-corrected chi connectivity index (χ4v) is 3.48. The lowest BCUT2D eigenvalue weighted by molar-refractivity contribution is -0.136. The molecule has 1 saturated heterocycles. The smallest absolute Gasteiger partial charge is 0.226 e. The molecule has 3 rings (SSSR count). The highest BCUT2D eigenvalue weighted by Crippen LogP contribution is 2.32. The number of amides is 1. The number of morpholine rings is 1. The fraction of sp³-hybridized carbons (Fsp3) is 0.619. The fourth-order valence-electron chi connectivity index (χ4n) is 3.48. The molecule has 0 atom stereocenters. The van der Waals surface area contributed by atoms with Crippen LogP contribution in [0.4, 0.5) is 0 Å². The molecule has 2 aliphatic rings. The van der Waals surface area contributed by atoms with Gasteiger partial charge in [0.1, 0.15) is 6.61 Å². The third-order valence-electron chi connectivity index (χ3n) is 5.15. The van der Waals surface area contributed by atoms with E-state index in [0.717, 1.165) is 35.6 Å². The van der Waals surface area contributed by atoms with E-state index in [0.29, 0.717) is 32.7 Å². The SMILES string of the molecule is COc1ccc(/C(C)=N\OCCC(=O)N2CCOCC2)cc1OC1CCCC1. The Hall–Kier alpha value is -2.28. The van der Waals surface area contributed by atoms with Crippen LogP contribution in [0.3, 0.4) is 0 Å². The van der Waals surface area contributed by atoms with Gasteiger partial charge in [0.15, 0.2) is 11.5 Å². The Morgan fingerprint density at radius 1 is 1.21 bits per heavy atom. The van der Waals surface area contributed by atoms with E-state index in [4.69, 9.17) is 19.0 Å². The summed E-state index contributed by atoms with van der Waals surface area (Å²) in [5, 5.41) is 4.16. The highest BCUT2D eigenvalue weighted by Gasteiger charge is 2.19. The summed E-state index contributed by atoms with van der Waals surface area (Å²) in [6, 6.07) is 5.76. The third kappa shape index (κ3) is 5.61. The lowest BCUT2D eigenvalue weighted by atomic mass is 10.1. The topological polar surface area (TPSA) is 69.6 Å². The van der Waals surface area contributed by atoms with Crippen LogP contribution in [0.1, 0.15) is 44.6 Å². The number of ether oxygens (including phenoxy) is 3. The van der Waals surface area contributed by atoms with Gasteiger partial charge in [-0.15, -0.1) is 0 Å². The van der Waals surface area contributed by atoms with Crippen LogP contribution < -0.4 is 9.47 Å². The minimum atomic E-state index is 0.0767.